The molecule has 10 heteroatoms. The van der Waals surface area contributed by atoms with Crippen LogP contribution in [0.4, 0.5) is 0 Å². The van der Waals surface area contributed by atoms with Crippen molar-refractivity contribution in [1.82, 2.24) is 10.3 Å². The van der Waals surface area contributed by atoms with Gasteiger partial charge in [0.2, 0.25) is 15.9 Å². The Labute approximate surface area is 252 Å². The number of carbonyl (C=O) groups excluding carboxylic acids is 3. The molecule has 3 N–H and O–H groups in total. The molecule has 0 aromatic heterocycles. The van der Waals surface area contributed by atoms with Gasteiger partial charge in [-0.15, -0.1) is 4.83 Å². The van der Waals surface area contributed by atoms with Crippen molar-refractivity contribution in [1.29, 1.82) is 0 Å². The monoisotopic (exact) mass is 608 g/mol. The highest BCUT2D eigenvalue weighted by Crippen LogP contribution is 2.74. The van der Waals surface area contributed by atoms with Crippen LogP contribution in [-0.4, -0.2) is 49.6 Å². The van der Waals surface area contributed by atoms with Crippen molar-refractivity contribution in [2.24, 2.45) is 51.8 Å². The number of Topliss-reactive ketones (excluding diaryl/α,β-unsaturated/α-hetero) is 1. The van der Waals surface area contributed by atoms with Gasteiger partial charge in [-0.2, -0.15) is 0 Å². The molecule has 3 unspecified atom stereocenters. The van der Waals surface area contributed by atoms with Crippen LogP contribution >= 0.6 is 0 Å². The molecule has 238 valence electrons. The number of allylic oxidation sites excluding steroid dienone is 2. The Kier molecular flexibility index (Phi) is 9.16. The van der Waals surface area contributed by atoms with Gasteiger partial charge in [0, 0.05) is 19.3 Å². The van der Waals surface area contributed by atoms with Crippen LogP contribution in [0.2, 0.25) is 0 Å². The Morgan fingerprint density at radius 1 is 1.02 bits per heavy atom. The second-order valence-corrected chi connectivity index (χ2v) is 16.7. The molecule has 0 aromatic rings. The molecule has 0 bridgehead atoms. The van der Waals surface area contributed by atoms with Gasteiger partial charge in [0.15, 0.2) is 0 Å². The van der Waals surface area contributed by atoms with Crippen molar-refractivity contribution in [3.63, 3.8) is 0 Å². The first kappa shape index (κ1) is 33.1. The molecule has 4 fully saturated rings. The van der Waals surface area contributed by atoms with Crippen LogP contribution in [-0.2, 0) is 29.1 Å². The Bertz CT molecular complexity index is 1230. The van der Waals surface area contributed by atoms with Gasteiger partial charge in [-0.1, -0.05) is 39.3 Å². The van der Waals surface area contributed by atoms with Gasteiger partial charge in [0.1, 0.15) is 11.9 Å². The van der Waals surface area contributed by atoms with Crippen molar-refractivity contribution in [3.05, 3.63) is 11.6 Å². The fraction of sp³-hybridized carbons (Fsp3) is 0.844. The lowest BCUT2D eigenvalue weighted by molar-refractivity contribution is -0.234. The van der Waals surface area contributed by atoms with Crippen LogP contribution in [0.5, 0.6) is 0 Å². The normalized spacial score (nSPS) is 42.9. The second kappa shape index (κ2) is 11.6. The topological polar surface area (TPSA) is 139 Å². The number of rotatable bonds is 8. The third-order valence-corrected chi connectivity index (χ3v) is 12.7. The van der Waals surface area contributed by atoms with E-state index < -0.39 is 28.1 Å². The van der Waals surface area contributed by atoms with Crippen LogP contribution in [0.3, 0.4) is 0 Å². The molecule has 0 heterocycles. The molecule has 0 radical (unpaired) electrons. The van der Waals surface area contributed by atoms with Gasteiger partial charge in [0.05, 0.1) is 18.3 Å². The molecule has 0 aliphatic heterocycles. The van der Waals surface area contributed by atoms with Crippen molar-refractivity contribution >= 4 is 27.7 Å². The number of aliphatic hydroxyl groups is 1. The quantitative estimate of drug-likeness (QED) is 0.212. The predicted molar refractivity (Wildman–Crippen MR) is 160 cm³/mol. The lowest BCUT2D eigenvalue weighted by Crippen LogP contribution is -2.66. The average Bonchev–Trinajstić information content (AvgIpc) is 3.13. The lowest BCUT2D eigenvalue weighted by atomic mass is 9.36. The van der Waals surface area contributed by atoms with Gasteiger partial charge in [-0.25, -0.2) is 8.42 Å². The zero-order valence-electron chi connectivity index (χ0n) is 26.7. The minimum absolute atomic E-state index is 0.00849. The summed E-state index contributed by atoms with van der Waals surface area (Å²) in [6.07, 6.45) is 7.17. The summed E-state index contributed by atoms with van der Waals surface area (Å²) in [5, 5.41) is 12.0. The number of hydrazine groups is 1. The molecule has 42 heavy (non-hydrogen) atoms. The Hall–Kier alpha value is -1.78. The second-order valence-electron chi connectivity index (χ2n) is 14.9. The first-order valence-electron chi connectivity index (χ1n) is 15.6. The Morgan fingerprint density at radius 2 is 1.69 bits per heavy atom. The largest absolute Gasteiger partial charge is 0.462 e. The third kappa shape index (κ3) is 5.72. The Morgan fingerprint density at radius 3 is 2.29 bits per heavy atom. The van der Waals surface area contributed by atoms with E-state index in [1.54, 1.807) is 0 Å². The number of hydrogen-bond acceptors (Lipinski definition) is 7. The number of ketones is 1. The van der Waals surface area contributed by atoms with E-state index in [1.165, 1.54) is 6.92 Å². The molecule has 4 rings (SSSR count). The molecule has 1 amide bonds. The van der Waals surface area contributed by atoms with E-state index in [0.29, 0.717) is 32.1 Å². The fourth-order valence-electron chi connectivity index (χ4n) is 10.5. The number of aliphatic hydroxyl groups excluding tert-OH is 1. The van der Waals surface area contributed by atoms with Gasteiger partial charge in [-0.05, 0) is 98.7 Å². The van der Waals surface area contributed by atoms with Crippen LogP contribution in [0.1, 0.15) is 99.8 Å². The molecular weight excluding hydrogens is 556 g/mol. The zero-order chi connectivity index (χ0) is 31.4. The van der Waals surface area contributed by atoms with Crippen LogP contribution < -0.4 is 10.3 Å². The number of esters is 1. The number of sulfonamides is 1. The molecule has 0 saturated heterocycles. The highest BCUT2D eigenvalue weighted by atomic mass is 32.2. The minimum atomic E-state index is -3.56. The van der Waals surface area contributed by atoms with Crippen molar-refractivity contribution in [2.45, 2.75) is 112 Å². The van der Waals surface area contributed by atoms with E-state index in [4.69, 9.17) is 4.74 Å². The van der Waals surface area contributed by atoms with E-state index in [1.807, 2.05) is 13.8 Å². The summed E-state index contributed by atoms with van der Waals surface area (Å²) in [4.78, 5) is 41.1. The van der Waals surface area contributed by atoms with E-state index in [2.05, 4.69) is 44.0 Å². The minimum Gasteiger partial charge on any atom is -0.462 e. The maximum Gasteiger partial charge on any atom is 0.302 e. The summed E-state index contributed by atoms with van der Waals surface area (Å²) in [7, 11) is -3.56. The van der Waals surface area contributed by atoms with E-state index in [9.17, 15) is 27.9 Å². The molecule has 0 spiro atoms. The SMILES string of the molecule is CC(=O)O[C@H]1C[C@@]2(C)[C@@H](C[C@@H](O)C3[C@]2(C)CC[C@H]2[C@H](C)C(C(=O)NNS(C)(=O)=O)CC[C@]32C)C1C(=O)CCC=C(C)C. The first-order valence-corrected chi connectivity index (χ1v) is 17.5. The van der Waals surface area contributed by atoms with Crippen LogP contribution in [0.15, 0.2) is 11.6 Å². The number of fused-ring (bicyclic) bond motifs is 5. The highest BCUT2D eigenvalue weighted by molar-refractivity contribution is 7.88. The summed E-state index contributed by atoms with van der Waals surface area (Å²) in [5.41, 5.74) is 2.73. The molecule has 0 aromatic carbocycles. The summed E-state index contributed by atoms with van der Waals surface area (Å²) in [5.74, 6) is -1.26. The molecule has 4 aliphatic rings. The first-order chi connectivity index (χ1) is 19.4. The highest BCUT2D eigenvalue weighted by Gasteiger charge is 2.72. The zero-order valence-corrected chi connectivity index (χ0v) is 27.5. The third-order valence-electron chi connectivity index (χ3n) is 12.3. The van der Waals surface area contributed by atoms with E-state index in [-0.39, 0.29) is 63.5 Å². The standard InChI is InChI=1S/C32H52N2O7S/c1-18(2)10-9-11-24(36)27-23-16-25(37)28-30(5)14-12-21(29(38)33-34-42(8,39)40)19(3)22(30)13-15-31(28,6)32(23,7)17-26(27)41-20(4)35/h10,19,21-23,25-28,34,37H,9,11-17H2,1-8H3,(H,33,38)/t19-,21?,22+,23+,25-,26+,27?,28?,30+,31+,32+/m1/s1. The van der Waals surface area contributed by atoms with Crippen molar-refractivity contribution < 1.29 is 32.6 Å². The Balaban J connectivity index is 1.64. The number of carbonyl (C=O) groups is 3. The van der Waals surface area contributed by atoms with Crippen LogP contribution in [0, 0.1) is 51.8 Å². The number of nitrogens with one attached hydrogen (secondary N) is 2. The number of amides is 1. The molecule has 4 saturated carbocycles. The summed E-state index contributed by atoms with van der Waals surface area (Å²) < 4.78 is 29.0. The fourth-order valence-corrected chi connectivity index (χ4v) is 10.8. The van der Waals surface area contributed by atoms with Crippen LogP contribution in [0.25, 0.3) is 0 Å². The van der Waals surface area contributed by atoms with E-state index >= 15 is 0 Å². The lowest BCUT2D eigenvalue weighted by Gasteiger charge is -2.69. The number of ether oxygens (including phenoxy) is 1. The molecule has 9 nitrogen and oxygen atoms in total. The van der Waals surface area contributed by atoms with Crippen molar-refractivity contribution in [2.75, 3.05) is 6.26 Å². The van der Waals surface area contributed by atoms with Gasteiger partial charge >= 0.3 is 5.97 Å². The van der Waals surface area contributed by atoms with Gasteiger partial charge < -0.3 is 9.84 Å². The molecule has 11 atom stereocenters. The predicted octanol–water partition coefficient (Wildman–Crippen LogP) is 4.31. The van der Waals surface area contributed by atoms with E-state index in [0.717, 1.165) is 31.1 Å². The maximum atomic E-state index is 13.8. The summed E-state index contributed by atoms with van der Waals surface area (Å²) in [6, 6.07) is 0. The molecule has 4 aliphatic carbocycles. The van der Waals surface area contributed by atoms with Gasteiger partial charge in [-0.3, -0.25) is 19.8 Å². The molecular formula is C32H52N2O7S. The van der Waals surface area contributed by atoms with Crippen molar-refractivity contribution in [3.8, 4) is 0 Å². The maximum absolute atomic E-state index is 13.8. The van der Waals surface area contributed by atoms with Gasteiger partial charge in [0.25, 0.3) is 0 Å². The summed E-state index contributed by atoms with van der Waals surface area (Å²) >= 11 is 0. The summed E-state index contributed by atoms with van der Waals surface area (Å²) in [6.45, 7) is 14.3. The average molecular weight is 609 g/mol. The smallest absolute Gasteiger partial charge is 0.302 e. The number of hydrogen-bond donors (Lipinski definition) is 3.